The summed E-state index contributed by atoms with van der Waals surface area (Å²) in [7, 11) is 1.50. The molecule has 0 aliphatic heterocycles. The van der Waals surface area contributed by atoms with Crippen molar-refractivity contribution in [2.24, 2.45) is 5.92 Å². The molecule has 0 bridgehead atoms. The fraction of sp³-hybridized carbons (Fsp3) is 0.941. The van der Waals surface area contributed by atoms with Crippen molar-refractivity contribution >= 4 is 5.97 Å². The monoisotopic (exact) mass is 296 g/mol. The molecule has 4 heteroatoms. The number of hydrogen-bond donors (Lipinski definition) is 1. The first-order valence-electron chi connectivity index (χ1n) is 8.50. The Morgan fingerprint density at radius 1 is 1.29 bits per heavy atom. The average molecular weight is 296 g/mol. The van der Waals surface area contributed by atoms with Crippen molar-refractivity contribution in [1.29, 1.82) is 0 Å². The van der Waals surface area contributed by atoms with Crippen LogP contribution in [-0.4, -0.2) is 48.2 Å². The minimum Gasteiger partial charge on any atom is -0.468 e. The first-order valence-corrected chi connectivity index (χ1v) is 8.50. The molecule has 2 fully saturated rings. The van der Waals surface area contributed by atoms with Gasteiger partial charge in [0.2, 0.25) is 0 Å². The normalized spacial score (nSPS) is 29.6. The molecule has 0 aromatic rings. The lowest BCUT2D eigenvalue weighted by molar-refractivity contribution is -0.149. The summed E-state index contributed by atoms with van der Waals surface area (Å²) in [5.74, 6) is 0.799. The minimum atomic E-state index is -0.482. The SMILES string of the molecule is COC(=O)C1(NC(C)C)CCC(N(CC2CC2)C(C)C)C1. The van der Waals surface area contributed by atoms with Gasteiger partial charge in [0, 0.05) is 24.7 Å². The van der Waals surface area contributed by atoms with Crippen LogP contribution < -0.4 is 5.32 Å². The molecule has 2 unspecified atom stereocenters. The van der Waals surface area contributed by atoms with E-state index in [0.29, 0.717) is 18.1 Å². The molecule has 0 amide bonds. The number of hydrogen-bond acceptors (Lipinski definition) is 4. The van der Waals surface area contributed by atoms with Crippen molar-refractivity contribution in [3.8, 4) is 0 Å². The van der Waals surface area contributed by atoms with Crippen molar-refractivity contribution in [1.82, 2.24) is 10.2 Å². The van der Waals surface area contributed by atoms with E-state index < -0.39 is 5.54 Å². The van der Waals surface area contributed by atoms with E-state index in [1.807, 2.05) is 0 Å². The van der Waals surface area contributed by atoms with Crippen LogP contribution in [0.25, 0.3) is 0 Å². The number of carbonyl (C=O) groups excluding carboxylic acids is 1. The molecule has 1 N–H and O–H groups in total. The highest BCUT2D eigenvalue weighted by molar-refractivity contribution is 5.81. The molecule has 2 atom stereocenters. The number of methoxy groups -OCH3 is 1. The number of ether oxygens (including phenoxy) is 1. The fourth-order valence-corrected chi connectivity index (χ4v) is 3.81. The lowest BCUT2D eigenvalue weighted by Gasteiger charge is -2.35. The van der Waals surface area contributed by atoms with E-state index in [1.54, 1.807) is 0 Å². The summed E-state index contributed by atoms with van der Waals surface area (Å²) < 4.78 is 5.10. The largest absolute Gasteiger partial charge is 0.468 e. The van der Waals surface area contributed by atoms with Gasteiger partial charge in [-0.2, -0.15) is 0 Å². The lowest BCUT2D eigenvalue weighted by atomic mass is 9.95. The Labute approximate surface area is 129 Å². The highest BCUT2D eigenvalue weighted by atomic mass is 16.5. The molecule has 122 valence electrons. The third-order valence-electron chi connectivity index (χ3n) is 4.93. The molecule has 0 aromatic carbocycles. The summed E-state index contributed by atoms with van der Waals surface area (Å²) in [5, 5.41) is 3.50. The Bertz CT molecular complexity index is 366. The number of esters is 1. The molecule has 2 rings (SSSR count). The van der Waals surface area contributed by atoms with Gasteiger partial charge in [-0.3, -0.25) is 15.0 Å². The zero-order chi connectivity index (χ0) is 15.6. The maximum atomic E-state index is 12.3. The molecular weight excluding hydrogens is 264 g/mol. The van der Waals surface area contributed by atoms with Crippen LogP contribution in [0.4, 0.5) is 0 Å². The Morgan fingerprint density at radius 3 is 2.43 bits per heavy atom. The molecule has 0 saturated heterocycles. The second-order valence-corrected chi connectivity index (χ2v) is 7.50. The van der Waals surface area contributed by atoms with Gasteiger partial charge in [0.25, 0.3) is 0 Å². The predicted molar refractivity (Wildman–Crippen MR) is 85.2 cm³/mol. The molecule has 4 nitrogen and oxygen atoms in total. The first kappa shape index (κ1) is 16.8. The van der Waals surface area contributed by atoms with Gasteiger partial charge in [0.1, 0.15) is 5.54 Å². The Balaban J connectivity index is 2.07. The summed E-state index contributed by atoms with van der Waals surface area (Å²) in [6, 6.07) is 1.33. The van der Waals surface area contributed by atoms with Gasteiger partial charge in [-0.15, -0.1) is 0 Å². The average Bonchev–Trinajstić information content (AvgIpc) is 3.14. The summed E-state index contributed by atoms with van der Waals surface area (Å²) in [4.78, 5) is 15.0. The zero-order valence-corrected chi connectivity index (χ0v) is 14.3. The quantitative estimate of drug-likeness (QED) is 0.733. The van der Waals surface area contributed by atoms with Gasteiger partial charge in [0.05, 0.1) is 7.11 Å². The number of nitrogens with zero attached hydrogens (tertiary/aromatic N) is 1. The zero-order valence-electron chi connectivity index (χ0n) is 14.3. The second kappa shape index (κ2) is 6.66. The smallest absolute Gasteiger partial charge is 0.326 e. The van der Waals surface area contributed by atoms with E-state index >= 15 is 0 Å². The second-order valence-electron chi connectivity index (χ2n) is 7.50. The van der Waals surface area contributed by atoms with Gasteiger partial charge >= 0.3 is 5.97 Å². The van der Waals surface area contributed by atoms with Crippen LogP contribution in [0.15, 0.2) is 0 Å². The van der Waals surface area contributed by atoms with Crippen LogP contribution in [0.5, 0.6) is 0 Å². The van der Waals surface area contributed by atoms with Crippen molar-refractivity contribution in [2.45, 2.75) is 83.5 Å². The lowest BCUT2D eigenvalue weighted by Crippen LogP contribution is -2.54. The Kier molecular flexibility index (Phi) is 5.31. The van der Waals surface area contributed by atoms with Crippen molar-refractivity contribution in [2.75, 3.05) is 13.7 Å². The van der Waals surface area contributed by atoms with Gasteiger partial charge in [-0.1, -0.05) is 0 Å². The highest BCUT2D eigenvalue weighted by Crippen LogP contribution is 2.38. The molecule has 21 heavy (non-hydrogen) atoms. The summed E-state index contributed by atoms with van der Waals surface area (Å²) in [6.45, 7) is 9.94. The molecule has 2 aliphatic carbocycles. The van der Waals surface area contributed by atoms with Crippen LogP contribution in [0.1, 0.15) is 59.8 Å². The van der Waals surface area contributed by atoms with Gasteiger partial charge in [-0.25, -0.2) is 0 Å². The van der Waals surface area contributed by atoms with Gasteiger partial charge < -0.3 is 4.74 Å². The van der Waals surface area contributed by atoms with Crippen molar-refractivity contribution in [3.63, 3.8) is 0 Å². The maximum absolute atomic E-state index is 12.3. The summed E-state index contributed by atoms with van der Waals surface area (Å²) in [5.41, 5.74) is -0.482. The van der Waals surface area contributed by atoms with Crippen molar-refractivity contribution in [3.05, 3.63) is 0 Å². The van der Waals surface area contributed by atoms with E-state index in [1.165, 1.54) is 26.5 Å². The van der Waals surface area contributed by atoms with E-state index in [4.69, 9.17) is 4.74 Å². The van der Waals surface area contributed by atoms with Crippen molar-refractivity contribution < 1.29 is 9.53 Å². The molecule has 0 radical (unpaired) electrons. The van der Waals surface area contributed by atoms with E-state index in [0.717, 1.165) is 25.2 Å². The third kappa shape index (κ3) is 3.98. The standard InChI is InChI=1S/C17H32N2O2/c1-12(2)18-17(16(20)21-5)9-8-15(10-17)19(13(3)4)11-14-6-7-14/h12-15,18H,6-11H2,1-5H3. The molecular formula is C17H32N2O2. The number of nitrogens with one attached hydrogen (secondary N) is 1. The fourth-order valence-electron chi connectivity index (χ4n) is 3.81. The van der Waals surface area contributed by atoms with E-state index in [9.17, 15) is 4.79 Å². The molecule has 0 aromatic heterocycles. The summed E-state index contributed by atoms with van der Waals surface area (Å²) >= 11 is 0. The highest BCUT2D eigenvalue weighted by Gasteiger charge is 2.48. The van der Waals surface area contributed by atoms with Crippen LogP contribution in [0.2, 0.25) is 0 Å². The minimum absolute atomic E-state index is 0.0890. The predicted octanol–water partition coefficient (Wildman–Crippen LogP) is 2.57. The topological polar surface area (TPSA) is 41.6 Å². The van der Waals surface area contributed by atoms with Gasteiger partial charge in [-0.05, 0) is 65.7 Å². The van der Waals surface area contributed by atoms with Crippen LogP contribution in [-0.2, 0) is 9.53 Å². The third-order valence-corrected chi connectivity index (χ3v) is 4.93. The Morgan fingerprint density at radius 2 is 1.95 bits per heavy atom. The van der Waals surface area contributed by atoms with Gasteiger partial charge in [0.15, 0.2) is 0 Å². The maximum Gasteiger partial charge on any atom is 0.326 e. The van der Waals surface area contributed by atoms with Crippen LogP contribution in [0.3, 0.4) is 0 Å². The van der Waals surface area contributed by atoms with Crippen LogP contribution in [0, 0.1) is 5.92 Å². The summed E-state index contributed by atoms with van der Waals surface area (Å²) in [6.07, 6.45) is 5.60. The Hall–Kier alpha value is -0.610. The first-order chi connectivity index (χ1) is 9.88. The molecule has 2 aliphatic rings. The number of rotatable bonds is 7. The molecule has 2 saturated carbocycles. The number of carbonyl (C=O) groups is 1. The van der Waals surface area contributed by atoms with E-state index in [2.05, 4.69) is 37.9 Å². The van der Waals surface area contributed by atoms with Crippen LogP contribution >= 0.6 is 0 Å². The van der Waals surface area contributed by atoms with E-state index in [-0.39, 0.29) is 5.97 Å². The molecule has 0 spiro atoms. The molecule has 0 heterocycles.